The summed E-state index contributed by atoms with van der Waals surface area (Å²) in [6, 6.07) is 21.0. The SMILES string of the molecule is COc1cccc(OCCNC(=O)C2CCCN(C(=O)c3cccc4ccccc34)C2)c1. The highest BCUT2D eigenvalue weighted by atomic mass is 16.5. The number of amides is 2. The van der Waals surface area contributed by atoms with Gasteiger partial charge in [-0.25, -0.2) is 0 Å². The van der Waals surface area contributed by atoms with Crippen molar-refractivity contribution in [3.63, 3.8) is 0 Å². The summed E-state index contributed by atoms with van der Waals surface area (Å²) in [7, 11) is 1.61. The van der Waals surface area contributed by atoms with Crippen molar-refractivity contribution >= 4 is 22.6 Å². The second-order valence-electron chi connectivity index (χ2n) is 7.94. The van der Waals surface area contributed by atoms with E-state index in [2.05, 4.69) is 5.32 Å². The third-order valence-electron chi connectivity index (χ3n) is 5.81. The molecule has 2 amide bonds. The quantitative estimate of drug-likeness (QED) is 0.575. The van der Waals surface area contributed by atoms with Crippen molar-refractivity contribution in [2.75, 3.05) is 33.4 Å². The van der Waals surface area contributed by atoms with E-state index >= 15 is 0 Å². The Morgan fingerprint density at radius 1 is 1.03 bits per heavy atom. The fourth-order valence-electron chi connectivity index (χ4n) is 4.14. The molecule has 3 aromatic rings. The van der Waals surface area contributed by atoms with E-state index in [0.29, 0.717) is 37.6 Å². The fraction of sp³-hybridized carbons (Fsp3) is 0.308. The van der Waals surface area contributed by atoms with Gasteiger partial charge in [0.1, 0.15) is 18.1 Å². The third kappa shape index (κ3) is 5.02. The van der Waals surface area contributed by atoms with Gasteiger partial charge in [-0.2, -0.15) is 0 Å². The molecule has 0 bridgehead atoms. The number of fused-ring (bicyclic) bond motifs is 1. The van der Waals surface area contributed by atoms with Crippen LogP contribution >= 0.6 is 0 Å². The second-order valence-corrected chi connectivity index (χ2v) is 7.94. The van der Waals surface area contributed by atoms with Crippen LogP contribution in [0.1, 0.15) is 23.2 Å². The minimum atomic E-state index is -0.209. The summed E-state index contributed by atoms with van der Waals surface area (Å²) in [5.74, 6) is 1.17. The zero-order chi connectivity index (χ0) is 22.3. The maximum Gasteiger partial charge on any atom is 0.254 e. The van der Waals surface area contributed by atoms with E-state index in [0.717, 1.165) is 29.4 Å². The smallest absolute Gasteiger partial charge is 0.254 e. The van der Waals surface area contributed by atoms with E-state index in [-0.39, 0.29) is 17.7 Å². The van der Waals surface area contributed by atoms with Crippen LogP contribution in [0.3, 0.4) is 0 Å². The third-order valence-corrected chi connectivity index (χ3v) is 5.81. The van der Waals surface area contributed by atoms with Gasteiger partial charge in [-0.1, -0.05) is 42.5 Å². The van der Waals surface area contributed by atoms with Gasteiger partial charge in [0, 0.05) is 24.7 Å². The number of carbonyl (C=O) groups excluding carboxylic acids is 2. The molecule has 1 aliphatic rings. The summed E-state index contributed by atoms with van der Waals surface area (Å²) in [6.45, 7) is 1.88. The van der Waals surface area contributed by atoms with Crippen LogP contribution in [0.25, 0.3) is 10.8 Å². The fourth-order valence-corrected chi connectivity index (χ4v) is 4.14. The molecule has 0 spiro atoms. The van der Waals surface area contributed by atoms with Crippen LogP contribution in [0.4, 0.5) is 0 Å². The number of nitrogens with one attached hydrogen (secondary N) is 1. The average Bonchev–Trinajstić information content (AvgIpc) is 2.86. The maximum absolute atomic E-state index is 13.2. The molecule has 1 saturated heterocycles. The Bertz CT molecular complexity index is 1090. The van der Waals surface area contributed by atoms with Gasteiger partial charge in [-0.05, 0) is 41.8 Å². The van der Waals surface area contributed by atoms with Gasteiger partial charge in [0.2, 0.25) is 5.91 Å². The Hall–Kier alpha value is -3.54. The predicted octanol–water partition coefficient (Wildman–Crippen LogP) is 3.90. The Balaban J connectivity index is 1.31. The van der Waals surface area contributed by atoms with E-state index in [4.69, 9.17) is 9.47 Å². The van der Waals surface area contributed by atoms with E-state index in [1.54, 1.807) is 13.2 Å². The summed E-state index contributed by atoms with van der Waals surface area (Å²) in [5, 5.41) is 4.93. The minimum Gasteiger partial charge on any atom is -0.497 e. The molecule has 0 radical (unpaired) electrons. The van der Waals surface area contributed by atoms with Crippen LogP contribution in [-0.2, 0) is 4.79 Å². The number of methoxy groups -OCH3 is 1. The van der Waals surface area contributed by atoms with Gasteiger partial charge < -0.3 is 19.7 Å². The minimum absolute atomic E-state index is 0.0133. The first-order valence-corrected chi connectivity index (χ1v) is 11.0. The number of nitrogens with zero attached hydrogens (tertiary/aromatic N) is 1. The zero-order valence-corrected chi connectivity index (χ0v) is 18.3. The summed E-state index contributed by atoms with van der Waals surface area (Å²) >= 11 is 0. The van der Waals surface area contributed by atoms with E-state index < -0.39 is 0 Å². The lowest BCUT2D eigenvalue weighted by molar-refractivity contribution is -0.126. The number of hydrogen-bond donors (Lipinski definition) is 1. The predicted molar refractivity (Wildman–Crippen MR) is 124 cm³/mol. The van der Waals surface area contributed by atoms with Crippen molar-refractivity contribution in [3.05, 3.63) is 72.3 Å². The largest absolute Gasteiger partial charge is 0.497 e. The highest BCUT2D eigenvalue weighted by Crippen LogP contribution is 2.24. The van der Waals surface area contributed by atoms with E-state index in [9.17, 15) is 9.59 Å². The van der Waals surface area contributed by atoms with Crippen molar-refractivity contribution < 1.29 is 19.1 Å². The summed E-state index contributed by atoms with van der Waals surface area (Å²) in [6.07, 6.45) is 1.59. The first-order valence-electron chi connectivity index (χ1n) is 11.0. The van der Waals surface area contributed by atoms with Crippen molar-refractivity contribution in [3.8, 4) is 11.5 Å². The highest BCUT2D eigenvalue weighted by Gasteiger charge is 2.29. The lowest BCUT2D eigenvalue weighted by Crippen LogP contribution is -2.46. The Kier molecular flexibility index (Phi) is 6.90. The monoisotopic (exact) mass is 432 g/mol. The van der Waals surface area contributed by atoms with Gasteiger partial charge in [0.15, 0.2) is 0 Å². The van der Waals surface area contributed by atoms with Crippen molar-refractivity contribution in [1.82, 2.24) is 10.2 Å². The Labute approximate surface area is 188 Å². The van der Waals surface area contributed by atoms with Crippen LogP contribution < -0.4 is 14.8 Å². The molecule has 6 nitrogen and oxygen atoms in total. The van der Waals surface area contributed by atoms with Crippen LogP contribution in [0, 0.1) is 5.92 Å². The molecule has 1 unspecified atom stereocenters. The van der Waals surface area contributed by atoms with E-state index in [1.165, 1.54) is 0 Å². The molecule has 32 heavy (non-hydrogen) atoms. The van der Waals surface area contributed by atoms with Crippen LogP contribution in [0.5, 0.6) is 11.5 Å². The van der Waals surface area contributed by atoms with Crippen molar-refractivity contribution in [2.45, 2.75) is 12.8 Å². The van der Waals surface area contributed by atoms with Gasteiger partial charge in [0.05, 0.1) is 19.6 Å². The highest BCUT2D eigenvalue weighted by molar-refractivity contribution is 6.07. The average molecular weight is 433 g/mol. The maximum atomic E-state index is 13.2. The van der Waals surface area contributed by atoms with Crippen LogP contribution in [-0.4, -0.2) is 50.1 Å². The topological polar surface area (TPSA) is 67.9 Å². The molecular formula is C26H28N2O4. The Morgan fingerprint density at radius 2 is 1.81 bits per heavy atom. The van der Waals surface area contributed by atoms with Crippen molar-refractivity contribution in [1.29, 1.82) is 0 Å². The molecule has 6 heteroatoms. The summed E-state index contributed by atoms with van der Waals surface area (Å²) in [4.78, 5) is 27.7. The van der Waals surface area contributed by atoms with Crippen molar-refractivity contribution in [2.24, 2.45) is 5.92 Å². The number of ether oxygens (including phenoxy) is 2. The lowest BCUT2D eigenvalue weighted by Gasteiger charge is -2.32. The standard InChI is InChI=1S/C26H28N2O4/c1-31-21-10-5-11-22(17-21)32-16-14-27-25(29)20-9-6-15-28(18-20)26(30)24-13-4-8-19-7-2-3-12-23(19)24/h2-5,7-8,10-13,17,20H,6,9,14-16,18H2,1H3,(H,27,29). The molecule has 166 valence electrons. The molecule has 4 rings (SSSR count). The summed E-state index contributed by atoms with van der Waals surface area (Å²) < 4.78 is 10.9. The first kappa shape index (κ1) is 21.7. The lowest BCUT2D eigenvalue weighted by atomic mass is 9.95. The normalized spacial score (nSPS) is 15.9. The number of rotatable bonds is 7. The number of piperidine rings is 1. The number of hydrogen-bond acceptors (Lipinski definition) is 4. The molecule has 3 aromatic carbocycles. The van der Waals surface area contributed by atoms with Gasteiger partial charge >= 0.3 is 0 Å². The van der Waals surface area contributed by atoms with E-state index in [1.807, 2.05) is 65.6 Å². The first-order chi connectivity index (χ1) is 15.7. The number of benzene rings is 3. The van der Waals surface area contributed by atoms with Crippen LogP contribution in [0.15, 0.2) is 66.7 Å². The molecular weight excluding hydrogens is 404 g/mol. The second kappa shape index (κ2) is 10.2. The molecule has 1 heterocycles. The zero-order valence-electron chi connectivity index (χ0n) is 18.3. The molecule has 0 aromatic heterocycles. The molecule has 1 N–H and O–H groups in total. The van der Waals surface area contributed by atoms with Gasteiger partial charge in [-0.15, -0.1) is 0 Å². The van der Waals surface area contributed by atoms with Gasteiger partial charge in [-0.3, -0.25) is 9.59 Å². The van der Waals surface area contributed by atoms with Gasteiger partial charge in [0.25, 0.3) is 5.91 Å². The summed E-state index contributed by atoms with van der Waals surface area (Å²) in [5.41, 5.74) is 0.691. The molecule has 1 atom stereocenters. The van der Waals surface area contributed by atoms with Crippen LogP contribution in [0.2, 0.25) is 0 Å². The Morgan fingerprint density at radius 3 is 2.69 bits per heavy atom. The molecule has 1 fully saturated rings. The number of likely N-dealkylation sites (tertiary alicyclic amines) is 1. The molecule has 1 aliphatic heterocycles. The molecule has 0 saturated carbocycles. The number of carbonyl (C=O) groups is 2. The molecule has 0 aliphatic carbocycles.